The fourth-order valence-corrected chi connectivity index (χ4v) is 6.96. The number of halogens is 1. The first-order chi connectivity index (χ1) is 26.2. The van der Waals surface area contributed by atoms with Crippen molar-refractivity contribution in [2.45, 2.75) is 91.9 Å². The third-order valence-corrected chi connectivity index (χ3v) is 9.82. The van der Waals surface area contributed by atoms with Gasteiger partial charge in [0.2, 0.25) is 11.9 Å². The minimum absolute atomic E-state index is 0. The van der Waals surface area contributed by atoms with Gasteiger partial charge in [0.25, 0.3) is 0 Å². The third kappa shape index (κ3) is 9.80. The van der Waals surface area contributed by atoms with Crippen LogP contribution in [0.5, 0.6) is 0 Å². The maximum atomic E-state index is 6.12. The first kappa shape index (κ1) is 39.6. The molecule has 2 aliphatic rings. The van der Waals surface area contributed by atoms with Gasteiger partial charge in [-0.3, -0.25) is 0 Å². The smallest absolute Gasteiger partial charge is 0.227 e. The van der Waals surface area contributed by atoms with E-state index in [0.717, 1.165) is 91.4 Å². The van der Waals surface area contributed by atoms with Crippen LogP contribution in [0.25, 0.3) is 22.3 Å². The largest absolute Gasteiger partial charge is 0.350 e. The average Bonchev–Trinajstić information content (AvgIpc) is 3.79. The molecular formula is C40H55ClN14. The molecule has 0 unspecified atom stereocenters. The second-order valence-electron chi connectivity index (χ2n) is 14.6. The lowest BCUT2D eigenvalue weighted by Crippen LogP contribution is -2.38. The van der Waals surface area contributed by atoms with Gasteiger partial charge in [-0.05, 0) is 109 Å². The second kappa shape index (κ2) is 18.1. The number of aryl methyl sites for hydroxylation is 1. The molecule has 0 bridgehead atoms. The first-order valence-corrected chi connectivity index (χ1v) is 19.4. The normalized spacial score (nSPS) is 17.1. The Morgan fingerprint density at radius 3 is 1.62 bits per heavy atom. The molecule has 14 nitrogen and oxygen atoms in total. The number of nitrogens with one attached hydrogen (secondary N) is 6. The van der Waals surface area contributed by atoms with Gasteiger partial charge in [-0.1, -0.05) is 37.2 Å². The van der Waals surface area contributed by atoms with E-state index in [9.17, 15) is 0 Å². The zero-order chi connectivity index (χ0) is 37.6. The molecule has 6 N–H and O–H groups in total. The number of hydrogen-bond acceptors (Lipinski definition) is 12. The van der Waals surface area contributed by atoms with E-state index < -0.39 is 0 Å². The Morgan fingerprint density at radius 2 is 1.18 bits per heavy atom. The van der Waals surface area contributed by atoms with Crippen molar-refractivity contribution in [3.05, 3.63) is 71.8 Å². The van der Waals surface area contributed by atoms with E-state index in [1.165, 1.54) is 5.56 Å². The highest BCUT2D eigenvalue weighted by molar-refractivity contribution is 6.30. The minimum Gasteiger partial charge on any atom is -0.350 e. The third-order valence-electron chi connectivity index (χ3n) is 9.58. The van der Waals surface area contributed by atoms with Crippen molar-refractivity contribution >= 4 is 68.8 Å². The van der Waals surface area contributed by atoms with Gasteiger partial charge < -0.3 is 41.0 Å². The van der Waals surface area contributed by atoms with E-state index in [4.69, 9.17) is 31.5 Å². The highest BCUT2D eigenvalue weighted by Crippen LogP contribution is 2.29. The molecule has 0 amide bonds. The van der Waals surface area contributed by atoms with Crippen LogP contribution in [0.4, 0.5) is 34.9 Å². The summed E-state index contributed by atoms with van der Waals surface area (Å²) in [5, 5.41) is 21.3. The van der Waals surface area contributed by atoms with Gasteiger partial charge in [0, 0.05) is 53.7 Å². The lowest BCUT2D eigenvalue weighted by atomic mass is 10.1. The minimum atomic E-state index is 0. The number of imidazole rings is 2. The summed E-state index contributed by atoms with van der Waals surface area (Å²) in [6, 6.07) is 17.0. The highest BCUT2D eigenvalue weighted by Gasteiger charge is 2.20. The zero-order valence-corrected chi connectivity index (χ0v) is 32.5. The van der Waals surface area contributed by atoms with Crippen LogP contribution < -0.4 is 31.9 Å². The van der Waals surface area contributed by atoms with Gasteiger partial charge in [-0.15, -0.1) is 0 Å². The Hall–Kier alpha value is -5.05. The van der Waals surface area contributed by atoms with E-state index in [1.807, 2.05) is 49.1 Å². The van der Waals surface area contributed by atoms with Crippen molar-refractivity contribution in [1.82, 2.24) is 49.7 Å². The SMILES string of the molecule is C.CC(C)n1cnc2c(Nc3cccc(Cl)c3)nc(N[C@H]3CCCNC3)nc21.Cc1cccc(Nc2nc(N[C@@H]3CCCNC3)nc3c2ncn3C(C)C)c1. The molecule has 0 spiro atoms. The number of rotatable bonds is 10. The number of anilines is 6. The van der Waals surface area contributed by atoms with Gasteiger partial charge in [0.05, 0.1) is 12.7 Å². The monoisotopic (exact) mass is 766 g/mol. The standard InChI is InChI=1S/C20H27N7.C19H24ClN7.CH4/c1-13(2)27-12-22-17-18(23-15-7-4-6-14(3)10-15)25-20(26-19(17)27)24-16-8-5-9-21-11-16;1-12(2)27-11-22-16-17(23-14-6-3-5-13(20)9-14)25-19(26-18(16)27)24-15-7-4-8-21-10-15;/h4,6-7,10,12-13,16,21H,5,8-9,11H2,1-3H3,(H2,23,24,25,26);3,5-6,9,11-12,15,21H,4,7-8,10H2,1-2H3,(H2,23,24,25,26);1H4/t16-;15-;/m10./s1. The van der Waals surface area contributed by atoms with Crippen molar-refractivity contribution in [3.8, 4) is 0 Å². The van der Waals surface area contributed by atoms with Crippen LogP contribution in [0.15, 0.2) is 61.2 Å². The summed E-state index contributed by atoms with van der Waals surface area (Å²) in [7, 11) is 0. The van der Waals surface area contributed by atoms with E-state index in [-0.39, 0.29) is 19.5 Å². The first-order valence-electron chi connectivity index (χ1n) is 19.0. The maximum Gasteiger partial charge on any atom is 0.227 e. The van der Waals surface area contributed by atoms with Gasteiger partial charge in [-0.2, -0.15) is 19.9 Å². The predicted octanol–water partition coefficient (Wildman–Crippen LogP) is 8.23. The number of hydrogen-bond donors (Lipinski definition) is 6. The highest BCUT2D eigenvalue weighted by atomic mass is 35.5. The second-order valence-corrected chi connectivity index (χ2v) is 15.1. The topological polar surface area (TPSA) is 159 Å². The number of piperidine rings is 2. The maximum absolute atomic E-state index is 6.12. The van der Waals surface area contributed by atoms with Crippen molar-refractivity contribution in [2.24, 2.45) is 0 Å². The Labute approximate surface area is 328 Å². The molecule has 2 aromatic carbocycles. The van der Waals surface area contributed by atoms with Gasteiger partial charge in [0.15, 0.2) is 34.0 Å². The van der Waals surface area contributed by atoms with Crippen molar-refractivity contribution < 1.29 is 0 Å². The lowest BCUT2D eigenvalue weighted by Gasteiger charge is -2.24. The summed E-state index contributed by atoms with van der Waals surface area (Å²) in [6.07, 6.45) is 8.21. The Kier molecular flexibility index (Phi) is 13.0. The summed E-state index contributed by atoms with van der Waals surface area (Å²) < 4.78 is 4.15. The van der Waals surface area contributed by atoms with Crippen LogP contribution in [0, 0.1) is 6.92 Å². The molecule has 0 radical (unpaired) electrons. The molecule has 2 saturated heterocycles. The van der Waals surface area contributed by atoms with Crippen LogP contribution in [0.1, 0.15) is 78.5 Å². The summed E-state index contributed by atoms with van der Waals surface area (Å²) in [6.45, 7) is 14.6. The molecular weight excluding hydrogens is 712 g/mol. The molecule has 0 aliphatic carbocycles. The summed E-state index contributed by atoms with van der Waals surface area (Å²) >= 11 is 6.12. The Balaban J connectivity index is 0.000000184. The molecule has 0 saturated carbocycles. The van der Waals surface area contributed by atoms with Crippen molar-refractivity contribution in [3.63, 3.8) is 0 Å². The van der Waals surface area contributed by atoms with Crippen LogP contribution in [-0.4, -0.2) is 77.3 Å². The fraction of sp³-hybridized carbons (Fsp3) is 0.450. The summed E-state index contributed by atoms with van der Waals surface area (Å²) in [5.74, 6) is 2.67. The Morgan fingerprint density at radius 1 is 0.691 bits per heavy atom. The zero-order valence-electron chi connectivity index (χ0n) is 31.7. The molecule has 2 aliphatic heterocycles. The van der Waals surface area contributed by atoms with Gasteiger partial charge in [-0.25, -0.2) is 9.97 Å². The molecule has 292 valence electrons. The molecule has 8 rings (SSSR count). The molecule has 6 heterocycles. The van der Waals surface area contributed by atoms with Crippen LogP contribution in [-0.2, 0) is 0 Å². The van der Waals surface area contributed by atoms with Crippen LogP contribution in [0.3, 0.4) is 0 Å². The number of nitrogens with zero attached hydrogens (tertiary/aromatic N) is 8. The molecule has 2 fully saturated rings. The number of benzene rings is 2. The van der Waals surface area contributed by atoms with E-state index in [1.54, 1.807) is 0 Å². The molecule has 2 atom stereocenters. The number of aromatic nitrogens is 8. The molecule has 15 heteroatoms. The van der Waals surface area contributed by atoms with Crippen molar-refractivity contribution in [1.29, 1.82) is 0 Å². The van der Waals surface area contributed by atoms with Crippen molar-refractivity contribution in [2.75, 3.05) is 47.4 Å². The molecule has 55 heavy (non-hydrogen) atoms. The molecule has 4 aromatic heterocycles. The fourth-order valence-electron chi connectivity index (χ4n) is 6.77. The Bertz CT molecular complexity index is 2010. The molecule has 6 aromatic rings. The summed E-state index contributed by atoms with van der Waals surface area (Å²) in [4.78, 5) is 28.1. The predicted molar refractivity (Wildman–Crippen MR) is 226 cm³/mol. The van der Waals surface area contributed by atoms with Crippen LogP contribution >= 0.6 is 11.6 Å². The lowest BCUT2D eigenvalue weighted by molar-refractivity contribution is 0.478. The van der Waals surface area contributed by atoms with E-state index >= 15 is 0 Å². The van der Waals surface area contributed by atoms with E-state index in [0.29, 0.717) is 34.8 Å². The van der Waals surface area contributed by atoms with E-state index in [2.05, 4.69) is 97.8 Å². The average molecular weight is 767 g/mol. The summed E-state index contributed by atoms with van der Waals surface area (Å²) in [5.41, 5.74) is 6.27. The van der Waals surface area contributed by atoms with Crippen LogP contribution in [0.2, 0.25) is 5.02 Å². The van der Waals surface area contributed by atoms with Gasteiger partial charge >= 0.3 is 0 Å². The quantitative estimate of drug-likeness (QED) is 0.0795. The number of fused-ring (bicyclic) bond motifs is 2. The van der Waals surface area contributed by atoms with Gasteiger partial charge in [0.1, 0.15) is 0 Å².